The van der Waals surface area contributed by atoms with Gasteiger partial charge in [0.25, 0.3) is 0 Å². The summed E-state index contributed by atoms with van der Waals surface area (Å²) < 4.78 is 12.9. The number of ether oxygens (including phenoxy) is 2. The van der Waals surface area contributed by atoms with Gasteiger partial charge in [-0.1, -0.05) is 42.5 Å². The van der Waals surface area contributed by atoms with Crippen molar-refractivity contribution in [3.05, 3.63) is 87.4 Å². The largest absolute Gasteiger partial charge is 0.389 e. The van der Waals surface area contributed by atoms with Crippen molar-refractivity contribution in [1.29, 1.82) is 0 Å². The number of amides is 5. The molecule has 0 spiro atoms. The monoisotopic (exact) mass is 844 g/mol. The summed E-state index contributed by atoms with van der Waals surface area (Å²) in [6.07, 6.45) is 0.779. The summed E-state index contributed by atoms with van der Waals surface area (Å²) in [5.74, 6) is -1.72. The number of nitrogens with zero attached hydrogens (tertiary/aromatic N) is 3. The first-order valence-electron chi connectivity index (χ1n) is 19.4. The van der Waals surface area contributed by atoms with Gasteiger partial charge in [-0.15, -0.1) is 11.3 Å². The zero-order valence-corrected chi connectivity index (χ0v) is 34.7. The molecular weight excluding hydrogens is 793 g/mol. The van der Waals surface area contributed by atoms with Gasteiger partial charge in [-0.05, 0) is 50.1 Å². The van der Waals surface area contributed by atoms with E-state index in [1.165, 1.54) is 0 Å². The number of nitrogens with two attached hydrogens (primary N) is 2. The van der Waals surface area contributed by atoms with E-state index in [0.29, 0.717) is 42.2 Å². The minimum Gasteiger partial charge on any atom is -0.389 e. The van der Waals surface area contributed by atoms with E-state index in [2.05, 4.69) is 31.6 Å². The van der Waals surface area contributed by atoms with Gasteiger partial charge in [0.15, 0.2) is 5.82 Å². The molecule has 0 bridgehead atoms. The maximum atomic E-state index is 12.9. The third-order valence-corrected chi connectivity index (χ3v) is 10.1. The molecule has 0 aliphatic carbocycles. The number of rotatable bonds is 22. The number of fused-ring (bicyclic) bond motifs is 3. The molecule has 1 atom stereocenters. The Labute approximate surface area is 350 Å². The lowest BCUT2D eigenvalue weighted by Gasteiger charge is -2.20. The number of anilines is 1. The summed E-state index contributed by atoms with van der Waals surface area (Å²) in [5, 5.41) is 24.2. The summed E-state index contributed by atoms with van der Waals surface area (Å²) in [5.41, 5.74) is 14.5. The lowest BCUT2D eigenvalue weighted by atomic mass is 10.1. The van der Waals surface area contributed by atoms with Gasteiger partial charge in [0.2, 0.25) is 29.5 Å². The molecule has 60 heavy (non-hydrogen) atoms. The van der Waals surface area contributed by atoms with Crippen LogP contribution in [0.3, 0.4) is 0 Å². The highest BCUT2D eigenvalue weighted by Gasteiger charge is 2.24. The van der Waals surface area contributed by atoms with Gasteiger partial charge in [0, 0.05) is 34.6 Å². The molecule has 0 radical (unpaired) electrons. The molecule has 19 heteroatoms. The topological polar surface area (TPSA) is 267 Å². The van der Waals surface area contributed by atoms with E-state index < -0.39 is 41.8 Å². The maximum absolute atomic E-state index is 12.9. The van der Waals surface area contributed by atoms with Crippen molar-refractivity contribution in [2.24, 2.45) is 5.73 Å². The second-order valence-corrected chi connectivity index (χ2v) is 15.8. The number of imidazole rings is 1. The minimum absolute atomic E-state index is 0.147. The Hall–Kier alpha value is -5.99. The number of benzene rings is 2. The number of nitrogen functional groups attached to an aromatic ring is 1. The van der Waals surface area contributed by atoms with Crippen molar-refractivity contribution in [3.8, 4) is 0 Å². The van der Waals surface area contributed by atoms with Crippen LogP contribution < -0.4 is 38.1 Å². The predicted molar refractivity (Wildman–Crippen MR) is 226 cm³/mol. The van der Waals surface area contributed by atoms with Gasteiger partial charge in [0.05, 0.1) is 49.4 Å². The van der Waals surface area contributed by atoms with Gasteiger partial charge in [-0.25, -0.2) is 9.97 Å². The average molecular weight is 845 g/mol. The van der Waals surface area contributed by atoms with Crippen LogP contribution in [0.5, 0.6) is 0 Å². The number of thiophene rings is 1. The second kappa shape index (κ2) is 21.3. The van der Waals surface area contributed by atoms with Crippen molar-refractivity contribution in [2.45, 2.75) is 65.0 Å². The molecule has 5 amide bonds. The quantitative estimate of drug-likeness (QED) is 0.0355. The molecule has 0 fully saturated rings. The third kappa shape index (κ3) is 13.3. The molecular formula is C41H52N10O8S. The molecule has 10 N–H and O–H groups in total. The molecule has 0 aliphatic heterocycles. The zero-order chi connectivity index (χ0) is 43.2. The van der Waals surface area contributed by atoms with Gasteiger partial charge in [0.1, 0.15) is 37.3 Å². The lowest BCUT2D eigenvalue weighted by Crippen LogP contribution is -2.52. The van der Waals surface area contributed by atoms with E-state index in [9.17, 15) is 29.1 Å². The fourth-order valence-electron chi connectivity index (χ4n) is 6.21. The number of aromatic nitrogens is 3. The van der Waals surface area contributed by atoms with Gasteiger partial charge in [-0.2, -0.15) is 0 Å². The van der Waals surface area contributed by atoms with Crippen LogP contribution in [0, 0.1) is 0 Å². The van der Waals surface area contributed by atoms with Gasteiger partial charge >= 0.3 is 0 Å². The highest BCUT2D eigenvalue weighted by molar-refractivity contribution is 7.12. The van der Waals surface area contributed by atoms with Crippen molar-refractivity contribution >= 4 is 68.6 Å². The Kier molecular flexibility index (Phi) is 16.0. The number of hydrogen-bond acceptors (Lipinski definition) is 13. The highest BCUT2D eigenvalue weighted by atomic mass is 32.1. The molecule has 2 aromatic carbocycles. The first-order valence-corrected chi connectivity index (χ1v) is 20.2. The van der Waals surface area contributed by atoms with E-state index in [1.54, 1.807) is 49.4 Å². The number of carbonyl (C=O) groups is 5. The van der Waals surface area contributed by atoms with Crippen molar-refractivity contribution in [3.63, 3.8) is 0 Å². The molecule has 320 valence electrons. The standard InChI is InChI=1S/C41H52N10O8S/c1-4-58-21-32-50-37-38(51(32)23-41(2,3)57)29-13-10-26(16-30(29)49-39(37)43)14-27-11-12-28(60-27)18-44-36(55)22-59-24-47-34(53)19-46-40(56)31(15-25-8-6-5-7-9-25)48-35(54)20-45-33(52)17-42/h5-13,16,31,57H,4,14-15,17-24,42H2,1-3H3,(H2,43,49)(H,44,55)(H,45,52)(H,46,56)(H,47,53)(H,48,54)/t31-/m0/s1. The number of carbonyl (C=O) groups excluding carboxylic acids is 5. The zero-order valence-electron chi connectivity index (χ0n) is 33.8. The fraction of sp³-hybridized carbons (Fsp3) is 0.390. The SMILES string of the molecule is CCOCc1nc2c(N)nc3cc(Cc4ccc(CNC(=O)COCNC(=O)CNC(=O)[C@H](Cc5ccccc5)NC(=O)CNC(=O)CN)s4)ccc3c2n1CC(C)(C)O. The van der Waals surface area contributed by atoms with E-state index >= 15 is 0 Å². The Balaban J connectivity index is 1.06. The Morgan fingerprint density at radius 1 is 0.867 bits per heavy atom. The summed E-state index contributed by atoms with van der Waals surface area (Å²) in [6.45, 7) is 5.15. The molecule has 0 unspecified atom stereocenters. The molecule has 5 rings (SSSR count). The molecule has 0 saturated carbocycles. The number of pyridine rings is 1. The van der Waals surface area contributed by atoms with Crippen LogP contribution in [0.15, 0.2) is 60.7 Å². The summed E-state index contributed by atoms with van der Waals surface area (Å²) >= 11 is 1.56. The van der Waals surface area contributed by atoms with Crippen LogP contribution in [-0.4, -0.2) is 100 Å². The van der Waals surface area contributed by atoms with Crippen LogP contribution in [0.25, 0.3) is 21.9 Å². The number of aliphatic hydroxyl groups is 1. The van der Waals surface area contributed by atoms with Gasteiger partial charge < -0.3 is 57.2 Å². The van der Waals surface area contributed by atoms with Crippen molar-refractivity contribution in [1.82, 2.24) is 41.1 Å². The fourth-order valence-corrected chi connectivity index (χ4v) is 7.20. The van der Waals surface area contributed by atoms with E-state index in [1.807, 2.05) is 47.9 Å². The highest BCUT2D eigenvalue weighted by Crippen LogP contribution is 2.32. The lowest BCUT2D eigenvalue weighted by molar-refractivity contribution is -0.131. The molecule has 3 aromatic heterocycles. The smallest absolute Gasteiger partial charge is 0.246 e. The molecule has 0 saturated heterocycles. The molecule has 3 heterocycles. The van der Waals surface area contributed by atoms with E-state index in [-0.39, 0.29) is 51.9 Å². The number of hydrogen-bond donors (Lipinski definition) is 8. The summed E-state index contributed by atoms with van der Waals surface area (Å²) in [6, 6.07) is 17.9. The van der Waals surface area contributed by atoms with Crippen LogP contribution in [-0.2, 0) is 66.0 Å². The normalized spacial score (nSPS) is 11.9. The van der Waals surface area contributed by atoms with Crippen molar-refractivity contribution in [2.75, 3.05) is 45.3 Å². The molecule has 0 aliphatic rings. The van der Waals surface area contributed by atoms with E-state index in [0.717, 1.165) is 31.8 Å². The Bertz CT molecular complexity index is 2290. The van der Waals surface area contributed by atoms with Crippen molar-refractivity contribution < 1.29 is 38.6 Å². The van der Waals surface area contributed by atoms with Crippen LogP contribution in [0.1, 0.15) is 47.5 Å². The maximum Gasteiger partial charge on any atom is 0.246 e. The predicted octanol–water partition coefficient (Wildman–Crippen LogP) is 0.752. The van der Waals surface area contributed by atoms with Crippen LogP contribution >= 0.6 is 11.3 Å². The van der Waals surface area contributed by atoms with Crippen LogP contribution in [0.4, 0.5) is 5.82 Å². The summed E-state index contributed by atoms with van der Waals surface area (Å²) in [4.78, 5) is 73.0. The molecule has 5 aromatic rings. The van der Waals surface area contributed by atoms with E-state index in [4.69, 9.17) is 25.9 Å². The Morgan fingerprint density at radius 2 is 1.62 bits per heavy atom. The minimum atomic E-state index is -1.02. The second-order valence-electron chi connectivity index (χ2n) is 14.5. The number of nitrogens with one attached hydrogen (secondary N) is 5. The first-order chi connectivity index (χ1) is 28.7. The first kappa shape index (κ1) is 45.1. The van der Waals surface area contributed by atoms with Gasteiger partial charge in [-0.3, -0.25) is 24.0 Å². The Morgan fingerprint density at radius 3 is 2.35 bits per heavy atom. The molecule has 18 nitrogen and oxygen atoms in total. The third-order valence-electron chi connectivity index (χ3n) is 8.98. The van der Waals surface area contributed by atoms with Crippen LogP contribution in [0.2, 0.25) is 0 Å². The average Bonchev–Trinajstić information content (AvgIpc) is 3.82. The summed E-state index contributed by atoms with van der Waals surface area (Å²) in [7, 11) is 0.